The lowest BCUT2D eigenvalue weighted by Gasteiger charge is -2.06. The van der Waals surface area contributed by atoms with Gasteiger partial charge in [-0.2, -0.15) is 5.10 Å². The summed E-state index contributed by atoms with van der Waals surface area (Å²) in [5.41, 5.74) is 4.57. The smallest absolute Gasteiger partial charge is 0.273 e. The molecule has 0 saturated carbocycles. The van der Waals surface area contributed by atoms with Crippen molar-refractivity contribution in [2.24, 2.45) is 7.05 Å². The molecular weight excluding hydrogens is 358 g/mol. The number of thiazole rings is 1. The van der Waals surface area contributed by atoms with Crippen LogP contribution < -0.4 is 5.32 Å². The van der Waals surface area contributed by atoms with Gasteiger partial charge in [-0.3, -0.25) is 14.5 Å². The molecule has 0 aliphatic heterocycles. The Morgan fingerprint density at radius 3 is 2.85 bits per heavy atom. The van der Waals surface area contributed by atoms with Crippen LogP contribution in [0.15, 0.2) is 55.4 Å². The van der Waals surface area contributed by atoms with Crippen LogP contribution >= 0.6 is 11.3 Å². The minimum Gasteiger partial charge on any atom is -0.321 e. The van der Waals surface area contributed by atoms with E-state index in [1.165, 1.54) is 0 Å². The van der Waals surface area contributed by atoms with Crippen molar-refractivity contribution < 1.29 is 4.79 Å². The number of anilines is 1. The van der Waals surface area contributed by atoms with Crippen LogP contribution in [0.2, 0.25) is 0 Å². The van der Waals surface area contributed by atoms with Gasteiger partial charge in [0.2, 0.25) is 0 Å². The highest BCUT2D eigenvalue weighted by Crippen LogP contribution is 2.30. The molecule has 4 aromatic rings. The average molecular weight is 375 g/mol. The maximum atomic E-state index is 12.6. The minimum atomic E-state index is -0.219. The van der Waals surface area contributed by atoms with Crippen LogP contribution in [0, 0.1) is 0 Å². The van der Waals surface area contributed by atoms with E-state index in [1.807, 2.05) is 43.5 Å². The van der Waals surface area contributed by atoms with E-state index < -0.39 is 0 Å². The van der Waals surface area contributed by atoms with Gasteiger partial charge in [-0.15, -0.1) is 11.3 Å². The van der Waals surface area contributed by atoms with E-state index in [2.05, 4.69) is 27.0 Å². The molecule has 0 aliphatic carbocycles. The zero-order chi connectivity index (χ0) is 19.0. The fourth-order valence-electron chi connectivity index (χ4n) is 2.72. The van der Waals surface area contributed by atoms with E-state index in [9.17, 15) is 4.79 Å². The monoisotopic (exact) mass is 375 g/mol. The van der Waals surface area contributed by atoms with Gasteiger partial charge >= 0.3 is 0 Å². The van der Waals surface area contributed by atoms with Gasteiger partial charge in [0.1, 0.15) is 10.7 Å². The number of nitrogens with one attached hydrogen (secondary N) is 1. The van der Waals surface area contributed by atoms with Crippen molar-refractivity contribution >= 4 is 38.7 Å². The van der Waals surface area contributed by atoms with Crippen LogP contribution in [0.4, 0.5) is 5.69 Å². The number of carbonyl (C=O) groups excluding carboxylic acids is 1. The number of amides is 1. The summed E-state index contributed by atoms with van der Waals surface area (Å²) < 4.78 is 2.59. The standard InChI is InChI=1S/C20H17N5OS/c1-12(2)16-10-17(25(3)24-16)19(26)22-14-6-4-5-13(9-14)20-23-15-7-8-21-11-18(15)27-20/h4-11H,1H2,2-3H3,(H,22,26). The Labute approximate surface area is 160 Å². The van der Waals surface area contributed by atoms with E-state index in [0.717, 1.165) is 26.4 Å². The first kappa shape index (κ1) is 17.1. The fraction of sp³-hybridized carbons (Fsp3) is 0.100. The van der Waals surface area contributed by atoms with Crippen molar-refractivity contribution in [1.82, 2.24) is 19.7 Å². The van der Waals surface area contributed by atoms with Gasteiger partial charge in [-0.05, 0) is 36.8 Å². The van der Waals surface area contributed by atoms with E-state index in [0.29, 0.717) is 17.1 Å². The molecule has 0 aliphatic rings. The Kier molecular flexibility index (Phi) is 4.29. The minimum absolute atomic E-state index is 0.219. The fourth-order valence-corrected chi connectivity index (χ4v) is 3.65. The van der Waals surface area contributed by atoms with Gasteiger partial charge in [0.05, 0.1) is 15.9 Å². The normalized spacial score (nSPS) is 10.9. The highest BCUT2D eigenvalue weighted by molar-refractivity contribution is 7.21. The van der Waals surface area contributed by atoms with Crippen molar-refractivity contribution in [2.45, 2.75) is 6.92 Å². The largest absolute Gasteiger partial charge is 0.321 e. The predicted octanol–water partition coefficient (Wildman–Crippen LogP) is 4.38. The maximum absolute atomic E-state index is 12.6. The molecule has 1 N–H and O–H groups in total. The molecule has 0 unspecified atom stereocenters. The number of aromatic nitrogens is 4. The topological polar surface area (TPSA) is 72.7 Å². The molecule has 6 nitrogen and oxygen atoms in total. The van der Waals surface area contributed by atoms with E-state index in [-0.39, 0.29) is 5.91 Å². The molecule has 0 saturated heterocycles. The maximum Gasteiger partial charge on any atom is 0.273 e. The SMILES string of the molecule is C=C(C)c1cc(C(=O)Nc2cccc(-c3nc4ccncc4s3)c2)n(C)n1. The third-order valence-electron chi connectivity index (χ3n) is 4.11. The van der Waals surface area contributed by atoms with Crippen LogP contribution in [0.25, 0.3) is 26.4 Å². The summed E-state index contributed by atoms with van der Waals surface area (Å²) in [6.45, 7) is 5.73. The molecule has 134 valence electrons. The molecule has 1 amide bonds. The third kappa shape index (κ3) is 3.37. The highest BCUT2D eigenvalue weighted by Gasteiger charge is 2.14. The van der Waals surface area contributed by atoms with Crippen molar-refractivity contribution in [1.29, 1.82) is 0 Å². The first-order chi connectivity index (χ1) is 13.0. The molecule has 27 heavy (non-hydrogen) atoms. The molecule has 0 spiro atoms. The first-order valence-corrected chi connectivity index (χ1v) is 9.15. The van der Waals surface area contributed by atoms with Gasteiger partial charge in [-0.1, -0.05) is 18.7 Å². The van der Waals surface area contributed by atoms with Gasteiger partial charge in [0.15, 0.2) is 0 Å². The van der Waals surface area contributed by atoms with Crippen LogP contribution in [0.5, 0.6) is 0 Å². The second kappa shape index (κ2) is 6.77. The van der Waals surface area contributed by atoms with Gasteiger partial charge in [0, 0.05) is 30.7 Å². The van der Waals surface area contributed by atoms with E-state index >= 15 is 0 Å². The summed E-state index contributed by atoms with van der Waals surface area (Å²) >= 11 is 1.57. The van der Waals surface area contributed by atoms with Gasteiger partial charge in [-0.25, -0.2) is 4.98 Å². The summed E-state index contributed by atoms with van der Waals surface area (Å²) in [4.78, 5) is 21.4. The molecule has 0 fully saturated rings. The molecule has 1 aromatic carbocycles. The number of nitrogens with zero attached hydrogens (tertiary/aromatic N) is 4. The van der Waals surface area contributed by atoms with Crippen molar-refractivity contribution in [3.63, 3.8) is 0 Å². The molecule has 7 heteroatoms. The lowest BCUT2D eigenvalue weighted by atomic mass is 10.2. The zero-order valence-electron chi connectivity index (χ0n) is 14.9. The summed E-state index contributed by atoms with van der Waals surface area (Å²) in [7, 11) is 1.74. The Bertz CT molecular complexity index is 1140. The second-order valence-corrected chi connectivity index (χ2v) is 7.25. The number of hydrogen-bond donors (Lipinski definition) is 1. The molecule has 0 radical (unpaired) electrons. The Hall–Kier alpha value is -3.32. The first-order valence-electron chi connectivity index (χ1n) is 8.33. The van der Waals surface area contributed by atoms with E-state index in [4.69, 9.17) is 0 Å². The number of fused-ring (bicyclic) bond motifs is 1. The Balaban J connectivity index is 1.61. The Morgan fingerprint density at radius 1 is 1.26 bits per heavy atom. The highest BCUT2D eigenvalue weighted by atomic mass is 32.1. The van der Waals surface area contributed by atoms with Crippen molar-refractivity contribution in [3.05, 3.63) is 66.8 Å². The molecule has 0 bridgehead atoms. The third-order valence-corrected chi connectivity index (χ3v) is 5.16. The number of benzene rings is 1. The molecular formula is C20H17N5OS. The quantitative estimate of drug-likeness (QED) is 0.575. The predicted molar refractivity (Wildman–Crippen MR) is 109 cm³/mol. The number of aryl methyl sites for hydroxylation is 1. The van der Waals surface area contributed by atoms with Crippen LogP contribution in [0.3, 0.4) is 0 Å². The lowest BCUT2D eigenvalue weighted by Crippen LogP contribution is -2.16. The molecule has 4 rings (SSSR count). The van der Waals surface area contributed by atoms with Crippen LogP contribution in [-0.2, 0) is 7.05 Å². The number of pyridine rings is 1. The summed E-state index contributed by atoms with van der Waals surface area (Å²) in [5, 5.41) is 8.12. The molecule has 0 atom stereocenters. The number of allylic oxidation sites excluding steroid dienone is 1. The lowest BCUT2D eigenvalue weighted by molar-refractivity contribution is 0.101. The molecule has 3 aromatic heterocycles. The van der Waals surface area contributed by atoms with Crippen LogP contribution in [0.1, 0.15) is 23.1 Å². The number of hydrogen-bond acceptors (Lipinski definition) is 5. The van der Waals surface area contributed by atoms with Crippen molar-refractivity contribution in [2.75, 3.05) is 5.32 Å². The Morgan fingerprint density at radius 2 is 2.11 bits per heavy atom. The van der Waals surface area contributed by atoms with Gasteiger partial charge in [0.25, 0.3) is 5.91 Å². The van der Waals surface area contributed by atoms with Gasteiger partial charge < -0.3 is 5.32 Å². The summed E-state index contributed by atoms with van der Waals surface area (Å²) in [6, 6.07) is 11.3. The number of rotatable bonds is 4. The molecule has 3 heterocycles. The zero-order valence-corrected chi connectivity index (χ0v) is 15.7. The average Bonchev–Trinajstić information content (AvgIpc) is 3.25. The van der Waals surface area contributed by atoms with E-state index in [1.54, 1.807) is 35.3 Å². The number of carbonyl (C=O) groups is 1. The van der Waals surface area contributed by atoms with Crippen molar-refractivity contribution in [3.8, 4) is 10.6 Å². The summed E-state index contributed by atoms with van der Waals surface area (Å²) in [6.07, 6.45) is 3.54. The second-order valence-electron chi connectivity index (χ2n) is 6.22. The van der Waals surface area contributed by atoms with Crippen LogP contribution in [-0.4, -0.2) is 25.7 Å². The summed E-state index contributed by atoms with van der Waals surface area (Å²) in [5.74, 6) is -0.219.